The minimum Gasteiger partial charge on any atom is -0.319 e. The van der Waals surface area contributed by atoms with Gasteiger partial charge in [-0.3, -0.25) is 9.69 Å². The third-order valence-electron chi connectivity index (χ3n) is 5.57. The summed E-state index contributed by atoms with van der Waals surface area (Å²) in [4.78, 5) is 25.7. The van der Waals surface area contributed by atoms with Crippen LogP contribution in [0.3, 0.4) is 0 Å². The first-order chi connectivity index (χ1) is 15.7. The number of hydrogen-bond donors (Lipinski definition) is 1. The van der Waals surface area contributed by atoms with E-state index in [-0.39, 0.29) is 5.91 Å². The molecule has 1 aliphatic rings. The highest BCUT2D eigenvalue weighted by Gasteiger charge is 2.21. The van der Waals surface area contributed by atoms with E-state index in [2.05, 4.69) is 62.0 Å². The fourth-order valence-corrected chi connectivity index (χ4v) is 5.98. The lowest BCUT2D eigenvalue weighted by Gasteiger charge is -2.25. The van der Waals surface area contributed by atoms with Gasteiger partial charge in [-0.05, 0) is 24.6 Å². The van der Waals surface area contributed by atoms with E-state index in [9.17, 15) is 4.79 Å². The molecule has 0 fully saturated rings. The van der Waals surface area contributed by atoms with Crippen LogP contribution in [-0.2, 0) is 30.8 Å². The molecule has 8 heteroatoms. The zero-order chi connectivity index (χ0) is 21.9. The van der Waals surface area contributed by atoms with Crippen molar-refractivity contribution >= 4 is 45.2 Å². The molecule has 6 nitrogen and oxygen atoms in total. The molecule has 0 unspecified atom stereocenters. The fourth-order valence-electron chi connectivity index (χ4n) is 4.03. The number of rotatable bonds is 7. The SMILES string of the molecule is CCn1c(SCC(=O)Nc2nc3c(s2)CN(Cc2ccccc2)CC3)nc2ccccc21. The molecule has 32 heavy (non-hydrogen) atoms. The van der Waals surface area contributed by atoms with Gasteiger partial charge in [0.25, 0.3) is 0 Å². The van der Waals surface area contributed by atoms with Gasteiger partial charge in [-0.2, -0.15) is 0 Å². The number of anilines is 1. The summed E-state index contributed by atoms with van der Waals surface area (Å²) in [5.41, 5.74) is 4.51. The number of thioether (sulfide) groups is 1. The van der Waals surface area contributed by atoms with Crippen molar-refractivity contribution in [3.05, 3.63) is 70.7 Å². The van der Waals surface area contributed by atoms with Crippen LogP contribution in [-0.4, -0.2) is 37.6 Å². The second-order valence-electron chi connectivity index (χ2n) is 7.80. The number of aromatic nitrogens is 3. The van der Waals surface area contributed by atoms with Crippen LogP contribution in [0.1, 0.15) is 23.1 Å². The Morgan fingerprint density at radius 3 is 2.78 bits per heavy atom. The molecule has 0 radical (unpaired) electrons. The third-order valence-corrected chi connectivity index (χ3v) is 7.55. The number of imidazole rings is 1. The number of nitrogens with one attached hydrogen (secondary N) is 1. The summed E-state index contributed by atoms with van der Waals surface area (Å²) < 4.78 is 2.15. The van der Waals surface area contributed by atoms with Crippen LogP contribution in [0.2, 0.25) is 0 Å². The van der Waals surface area contributed by atoms with Crippen molar-refractivity contribution in [2.45, 2.75) is 38.1 Å². The first kappa shape index (κ1) is 21.2. The molecule has 164 valence electrons. The van der Waals surface area contributed by atoms with E-state index in [1.165, 1.54) is 22.2 Å². The second kappa shape index (κ2) is 9.44. The molecule has 1 aliphatic heterocycles. The molecule has 0 spiro atoms. The van der Waals surface area contributed by atoms with Gasteiger partial charge in [0.2, 0.25) is 5.91 Å². The molecule has 0 aliphatic carbocycles. The average Bonchev–Trinajstić information content (AvgIpc) is 3.38. The highest BCUT2D eigenvalue weighted by molar-refractivity contribution is 7.99. The number of thiazole rings is 1. The van der Waals surface area contributed by atoms with Crippen LogP contribution >= 0.6 is 23.1 Å². The van der Waals surface area contributed by atoms with E-state index in [0.717, 1.165) is 54.5 Å². The molecule has 5 rings (SSSR count). The van der Waals surface area contributed by atoms with Crippen LogP contribution in [0.15, 0.2) is 59.8 Å². The van der Waals surface area contributed by atoms with Gasteiger partial charge in [-0.25, -0.2) is 9.97 Å². The Morgan fingerprint density at radius 1 is 1.12 bits per heavy atom. The minimum atomic E-state index is -0.0445. The van der Waals surface area contributed by atoms with Gasteiger partial charge in [0.15, 0.2) is 10.3 Å². The van der Waals surface area contributed by atoms with Gasteiger partial charge >= 0.3 is 0 Å². The molecule has 4 aromatic rings. The van der Waals surface area contributed by atoms with Gasteiger partial charge in [-0.15, -0.1) is 11.3 Å². The molecular weight excluding hydrogens is 438 g/mol. The summed E-state index contributed by atoms with van der Waals surface area (Å²) in [5, 5.41) is 4.57. The van der Waals surface area contributed by atoms with Crippen LogP contribution in [0.25, 0.3) is 11.0 Å². The van der Waals surface area contributed by atoms with Gasteiger partial charge in [0, 0.05) is 37.5 Å². The molecule has 2 aromatic heterocycles. The topological polar surface area (TPSA) is 63.1 Å². The number of nitrogens with zero attached hydrogens (tertiary/aromatic N) is 4. The zero-order valence-electron chi connectivity index (χ0n) is 18.0. The molecular formula is C24H25N5OS2. The fraction of sp³-hybridized carbons (Fsp3) is 0.292. The Kier molecular flexibility index (Phi) is 6.25. The number of benzene rings is 2. The lowest BCUT2D eigenvalue weighted by Crippen LogP contribution is -2.29. The monoisotopic (exact) mass is 463 g/mol. The Bertz CT molecular complexity index is 1230. The molecule has 0 atom stereocenters. The van der Waals surface area contributed by atoms with Gasteiger partial charge in [0.1, 0.15) is 0 Å². The Morgan fingerprint density at radius 2 is 1.94 bits per heavy atom. The van der Waals surface area contributed by atoms with Crippen LogP contribution in [0.5, 0.6) is 0 Å². The van der Waals surface area contributed by atoms with Crippen molar-refractivity contribution in [2.75, 3.05) is 17.6 Å². The first-order valence-corrected chi connectivity index (χ1v) is 12.6. The standard InChI is InChI=1S/C24H25N5OS2/c1-2-29-20-11-7-6-10-18(20)26-24(29)31-16-22(30)27-23-25-19-12-13-28(15-21(19)32-23)14-17-8-4-3-5-9-17/h3-11H,2,12-16H2,1H3,(H,25,27,30). The molecule has 2 aromatic carbocycles. The van der Waals surface area contributed by atoms with E-state index in [1.54, 1.807) is 11.3 Å². The normalized spacial score (nSPS) is 13.9. The van der Waals surface area contributed by atoms with E-state index in [4.69, 9.17) is 0 Å². The summed E-state index contributed by atoms with van der Waals surface area (Å²) in [6, 6.07) is 18.6. The molecule has 1 N–H and O–H groups in total. The maximum atomic E-state index is 12.6. The number of aryl methyl sites for hydroxylation is 1. The summed E-state index contributed by atoms with van der Waals surface area (Å²) >= 11 is 3.07. The first-order valence-electron chi connectivity index (χ1n) is 10.8. The van der Waals surface area contributed by atoms with E-state index in [0.29, 0.717) is 10.9 Å². The Hall–Kier alpha value is -2.68. The summed E-state index contributed by atoms with van der Waals surface area (Å²) in [5.74, 6) is 0.269. The number of para-hydroxylation sites is 2. The van der Waals surface area contributed by atoms with Crippen LogP contribution in [0.4, 0.5) is 5.13 Å². The minimum absolute atomic E-state index is 0.0445. The number of fused-ring (bicyclic) bond motifs is 2. The number of amides is 1. The second-order valence-corrected chi connectivity index (χ2v) is 9.83. The molecule has 3 heterocycles. The van der Waals surface area contributed by atoms with Crippen molar-refractivity contribution in [2.24, 2.45) is 0 Å². The predicted octanol–water partition coefficient (Wildman–Crippen LogP) is 4.80. The lowest BCUT2D eigenvalue weighted by molar-refractivity contribution is -0.113. The molecule has 0 bridgehead atoms. The Balaban J connectivity index is 1.19. The number of carbonyl (C=O) groups excluding carboxylic acids is 1. The quantitative estimate of drug-likeness (QED) is 0.399. The maximum Gasteiger partial charge on any atom is 0.236 e. The summed E-state index contributed by atoms with van der Waals surface area (Å²) in [7, 11) is 0. The van der Waals surface area contributed by atoms with Gasteiger partial charge in [0.05, 0.1) is 22.5 Å². The van der Waals surface area contributed by atoms with Crippen molar-refractivity contribution in [1.29, 1.82) is 0 Å². The summed E-state index contributed by atoms with van der Waals surface area (Å²) in [6.07, 6.45) is 0.920. The van der Waals surface area contributed by atoms with Crippen molar-refractivity contribution in [3.8, 4) is 0 Å². The van der Waals surface area contributed by atoms with Crippen molar-refractivity contribution < 1.29 is 4.79 Å². The van der Waals surface area contributed by atoms with Gasteiger partial charge < -0.3 is 9.88 Å². The Labute approximate surface area is 195 Å². The maximum absolute atomic E-state index is 12.6. The van der Waals surface area contributed by atoms with E-state index >= 15 is 0 Å². The number of hydrogen-bond acceptors (Lipinski definition) is 6. The zero-order valence-corrected chi connectivity index (χ0v) is 19.6. The third kappa shape index (κ3) is 4.57. The van der Waals surface area contributed by atoms with E-state index < -0.39 is 0 Å². The molecule has 0 saturated heterocycles. The lowest BCUT2D eigenvalue weighted by atomic mass is 10.1. The highest BCUT2D eigenvalue weighted by Crippen LogP contribution is 2.29. The van der Waals surface area contributed by atoms with Gasteiger partial charge in [-0.1, -0.05) is 54.2 Å². The van der Waals surface area contributed by atoms with Crippen molar-refractivity contribution in [1.82, 2.24) is 19.4 Å². The summed E-state index contributed by atoms with van der Waals surface area (Å²) in [6.45, 7) is 5.73. The number of carbonyl (C=O) groups is 1. The van der Waals surface area contributed by atoms with Crippen LogP contribution < -0.4 is 5.32 Å². The largest absolute Gasteiger partial charge is 0.319 e. The van der Waals surface area contributed by atoms with Crippen LogP contribution in [0, 0.1) is 0 Å². The predicted molar refractivity (Wildman–Crippen MR) is 131 cm³/mol. The van der Waals surface area contributed by atoms with Crippen molar-refractivity contribution in [3.63, 3.8) is 0 Å². The molecule has 0 saturated carbocycles. The van der Waals surface area contributed by atoms with E-state index in [1.807, 2.05) is 24.3 Å². The smallest absolute Gasteiger partial charge is 0.236 e. The highest BCUT2D eigenvalue weighted by atomic mass is 32.2. The average molecular weight is 464 g/mol. The molecule has 1 amide bonds.